The van der Waals surface area contributed by atoms with Gasteiger partial charge in [0.1, 0.15) is 0 Å². The van der Waals surface area contributed by atoms with Gasteiger partial charge in [-0.3, -0.25) is 19.6 Å². The van der Waals surface area contributed by atoms with Crippen molar-refractivity contribution in [1.82, 2.24) is 35.7 Å². The molecule has 9 heteroatoms. The van der Waals surface area contributed by atoms with Crippen molar-refractivity contribution in [2.45, 2.75) is 50.6 Å². The SMILES string of the molecule is O=C(C[C@H]1CC[C@@H](CNC(=O)c2cn[nH]c2)N1CC1CC1)NCCc1cnc[nH]1. The van der Waals surface area contributed by atoms with Crippen molar-refractivity contribution in [3.05, 3.63) is 36.2 Å². The predicted octanol–water partition coefficient (Wildman–Crippen LogP) is 0.855. The molecule has 2 aromatic rings. The number of amides is 2. The highest BCUT2D eigenvalue weighted by Crippen LogP contribution is 2.35. The first-order valence-corrected chi connectivity index (χ1v) is 10.5. The maximum Gasteiger partial charge on any atom is 0.254 e. The zero-order chi connectivity index (χ0) is 20.1. The van der Waals surface area contributed by atoms with Gasteiger partial charge in [-0.1, -0.05) is 0 Å². The van der Waals surface area contributed by atoms with Gasteiger partial charge in [0.25, 0.3) is 5.91 Å². The number of carbonyl (C=O) groups is 2. The number of hydrogen-bond acceptors (Lipinski definition) is 5. The molecule has 3 heterocycles. The largest absolute Gasteiger partial charge is 0.356 e. The molecular formula is C20H29N7O2. The molecule has 0 unspecified atom stereocenters. The fraction of sp³-hybridized carbons (Fsp3) is 0.600. The number of aromatic amines is 2. The normalized spacial score (nSPS) is 21.9. The van der Waals surface area contributed by atoms with E-state index >= 15 is 0 Å². The van der Waals surface area contributed by atoms with Crippen LogP contribution in [0.1, 0.15) is 48.2 Å². The molecule has 2 aliphatic rings. The van der Waals surface area contributed by atoms with Crippen molar-refractivity contribution < 1.29 is 9.59 Å². The molecule has 29 heavy (non-hydrogen) atoms. The van der Waals surface area contributed by atoms with Crippen molar-refractivity contribution in [2.24, 2.45) is 5.92 Å². The maximum atomic E-state index is 12.5. The zero-order valence-electron chi connectivity index (χ0n) is 16.6. The molecule has 4 N–H and O–H groups in total. The third kappa shape index (κ3) is 5.44. The Balaban J connectivity index is 1.26. The van der Waals surface area contributed by atoms with Crippen LogP contribution in [0.5, 0.6) is 0 Å². The van der Waals surface area contributed by atoms with Gasteiger partial charge in [0.2, 0.25) is 5.91 Å². The van der Waals surface area contributed by atoms with E-state index in [0.717, 1.165) is 37.4 Å². The van der Waals surface area contributed by atoms with E-state index in [1.807, 2.05) is 0 Å². The summed E-state index contributed by atoms with van der Waals surface area (Å²) in [5.41, 5.74) is 1.57. The van der Waals surface area contributed by atoms with Crippen LogP contribution in [0.3, 0.4) is 0 Å². The molecule has 1 aliphatic carbocycles. The summed E-state index contributed by atoms with van der Waals surface area (Å²) >= 11 is 0. The van der Waals surface area contributed by atoms with Crippen LogP contribution in [0.15, 0.2) is 24.9 Å². The highest BCUT2D eigenvalue weighted by Gasteiger charge is 2.38. The van der Waals surface area contributed by atoms with Crippen molar-refractivity contribution in [2.75, 3.05) is 19.6 Å². The zero-order valence-corrected chi connectivity index (χ0v) is 16.6. The van der Waals surface area contributed by atoms with Crippen molar-refractivity contribution >= 4 is 11.8 Å². The van der Waals surface area contributed by atoms with Gasteiger partial charge in [0.15, 0.2) is 0 Å². The molecular weight excluding hydrogens is 370 g/mol. The molecule has 2 amide bonds. The Hall–Kier alpha value is -2.68. The van der Waals surface area contributed by atoms with Gasteiger partial charge in [-0.15, -0.1) is 0 Å². The number of imidazole rings is 1. The molecule has 1 saturated carbocycles. The van der Waals surface area contributed by atoms with Crippen molar-refractivity contribution in [3.63, 3.8) is 0 Å². The molecule has 4 rings (SSSR count). The van der Waals surface area contributed by atoms with E-state index in [1.54, 1.807) is 18.7 Å². The van der Waals surface area contributed by atoms with Gasteiger partial charge in [-0.05, 0) is 31.6 Å². The highest BCUT2D eigenvalue weighted by molar-refractivity contribution is 5.93. The summed E-state index contributed by atoms with van der Waals surface area (Å²) in [6, 6.07) is 0.535. The van der Waals surface area contributed by atoms with Crippen LogP contribution in [0, 0.1) is 5.92 Å². The first-order valence-electron chi connectivity index (χ1n) is 10.5. The lowest BCUT2D eigenvalue weighted by Gasteiger charge is -2.30. The number of rotatable bonds is 10. The molecule has 2 atom stereocenters. The van der Waals surface area contributed by atoms with Crippen LogP contribution in [0.2, 0.25) is 0 Å². The van der Waals surface area contributed by atoms with E-state index in [-0.39, 0.29) is 23.9 Å². The Labute approximate surface area is 170 Å². The minimum atomic E-state index is -0.106. The minimum absolute atomic E-state index is 0.0957. The second kappa shape index (κ2) is 9.21. The van der Waals surface area contributed by atoms with Gasteiger partial charge in [0.05, 0.1) is 18.1 Å². The smallest absolute Gasteiger partial charge is 0.254 e. The predicted molar refractivity (Wildman–Crippen MR) is 107 cm³/mol. The van der Waals surface area contributed by atoms with Crippen molar-refractivity contribution in [1.29, 1.82) is 0 Å². The summed E-state index contributed by atoms with van der Waals surface area (Å²) < 4.78 is 0. The number of nitrogens with one attached hydrogen (secondary N) is 4. The number of nitrogens with zero attached hydrogens (tertiary/aromatic N) is 3. The van der Waals surface area contributed by atoms with E-state index in [9.17, 15) is 9.59 Å². The topological polar surface area (TPSA) is 119 Å². The second-order valence-corrected chi connectivity index (χ2v) is 8.10. The van der Waals surface area contributed by atoms with Crippen LogP contribution >= 0.6 is 0 Å². The number of likely N-dealkylation sites (tertiary alicyclic amines) is 1. The summed E-state index contributed by atoms with van der Waals surface area (Å²) in [5.74, 6) is 0.731. The third-order valence-corrected chi connectivity index (χ3v) is 5.89. The van der Waals surface area contributed by atoms with Crippen molar-refractivity contribution in [3.8, 4) is 0 Å². The van der Waals surface area contributed by atoms with E-state index in [2.05, 4.69) is 35.7 Å². The molecule has 2 fully saturated rings. The van der Waals surface area contributed by atoms with Crippen LogP contribution in [-0.2, 0) is 11.2 Å². The molecule has 1 aliphatic heterocycles. The summed E-state index contributed by atoms with van der Waals surface area (Å²) in [7, 11) is 0. The van der Waals surface area contributed by atoms with Gasteiger partial charge < -0.3 is 15.6 Å². The summed E-state index contributed by atoms with van der Waals surface area (Å²) in [5, 5.41) is 12.5. The molecule has 0 aromatic carbocycles. The molecule has 156 valence electrons. The van der Waals surface area contributed by atoms with E-state index < -0.39 is 0 Å². The molecule has 9 nitrogen and oxygen atoms in total. The van der Waals surface area contributed by atoms with E-state index in [1.165, 1.54) is 19.0 Å². The lowest BCUT2D eigenvalue weighted by atomic mass is 10.1. The summed E-state index contributed by atoms with van der Waals surface area (Å²) in [6.45, 7) is 2.24. The average molecular weight is 399 g/mol. The molecule has 1 saturated heterocycles. The Morgan fingerprint density at radius 3 is 2.72 bits per heavy atom. The lowest BCUT2D eigenvalue weighted by molar-refractivity contribution is -0.122. The van der Waals surface area contributed by atoms with Gasteiger partial charge >= 0.3 is 0 Å². The summed E-state index contributed by atoms with van der Waals surface area (Å²) in [4.78, 5) is 34.2. The average Bonchev–Trinajstić information content (AvgIpc) is 3.11. The fourth-order valence-corrected chi connectivity index (χ4v) is 4.08. The van der Waals surface area contributed by atoms with E-state index in [0.29, 0.717) is 25.1 Å². The Bertz CT molecular complexity index is 786. The standard InChI is InChI=1S/C20H29N7O2/c28-19(22-6-5-16-10-21-13-24-16)7-17-3-4-18(27(17)12-14-1-2-14)11-23-20(29)15-8-25-26-9-15/h8-10,13-14,17-18H,1-7,11-12H2,(H,21,24)(H,22,28)(H,23,29)(H,25,26)/t17-,18+/m1/s1. The number of aromatic nitrogens is 4. The Morgan fingerprint density at radius 2 is 2.00 bits per heavy atom. The molecule has 0 spiro atoms. The molecule has 0 radical (unpaired) electrons. The quantitative estimate of drug-likeness (QED) is 0.472. The Morgan fingerprint density at radius 1 is 1.14 bits per heavy atom. The monoisotopic (exact) mass is 399 g/mol. The summed E-state index contributed by atoms with van der Waals surface area (Å²) in [6.07, 6.45) is 12.4. The number of carbonyl (C=O) groups excluding carboxylic acids is 2. The second-order valence-electron chi connectivity index (χ2n) is 8.10. The van der Waals surface area contributed by atoms with Crippen LogP contribution in [0.4, 0.5) is 0 Å². The fourth-order valence-electron chi connectivity index (χ4n) is 4.08. The van der Waals surface area contributed by atoms with Gasteiger partial charge in [0, 0.05) is 62.6 Å². The Kier molecular flexibility index (Phi) is 6.24. The molecule has 0 bridgehead atoms. The highest BCUT2D eigenvalue weighted by atomic mass is 16.2. The van der Waals surface area contributed by atoms with Gasteiger partial charge in [-0.25, -0.2) is 4.98 Å². The maximum absolute atomic E-state index is 12.5. The lowest BCUT2D eigenvalue weighted by Crippen LogP contribution is -2.45. The number of hydrogen-bond donors (Lipinski definition) is 4. The third-order valence-electron chi connectivity index (χ3n) is 5.89. The van der Waals surface area contributed by atoms with Crippen LogP contribution in [-0.4, -0.2) is 68.6 Å². The molecule has 2 aromatic heterocycles. The van der Waals surface area contributed by atoms with Crippen LogP contribution < -0.4 is 10.6 Å². The van der Waals surface area contributed by atoms with Crippen LogP contribution in [0.25, 0.3) is 0 Å². The minimum Gasteiger partial charge on any atom is -0.356 e. The van der Waals surface area contributed by atoms with Gasteiger partial charge in [-0.2, -0.15) is 5.10 Å². The van der Waals surface area contributed by atoms with E-state index in [4.69, 9.17) is 0 Å². The first kappa shape index (κ1) is 19.6. The first-order chi connectivity index (χ1) is 14.2. The number of H-pyrrole nitrogens is 2.